The second kappa shape index (κ2) is 7.14. The molecule has 2 N–H and O–H groups in total. The van der Waals surface area contributed by atoms with Crippen molar-refractivity contribution in [2.75, 3.05) is 18.0 Å². The molecule has 0 saturated carbocycles. The molecule has 0 aromatic heterocycles. The molecular weight excluding hydrogens is 331 g/mol. The fraction of sp³-hybridized carbons (Fsp3) is 0.133. The maximum Gasteiger partial charge on any atom is 0.261 e. The van der Waals surface area contributed by atoms with E-state index >= 15 is 0 Å². The fourth-order valence-electron chi connectivity index (χ4n) is 1.94. The monoisotopic (exact) mass is 342 g/mol. The van der Waals surface area contributed by atoms with Crippen molar-refractivity contribution in [1.82, 2.24) is 0 Å². The van der Waals surface area contributed by atoms with E-state index in [-0.39, 0.29) is 11.5 Å². The van der Waals surface area contributed by atoms with Crippen LogP contribution in [0.1, 0.15) is 10.4 Å². The lowest BCUT2D eigenvalue weighted by Crippen LogP contribution is -2.35. The summed E-state index contributed by atoms with van der Waals surface area (Å²) in [7, 11) is 0. The Morgan fingerprint density at radius 2 is 1.57 bits per heavy atom. The quantitative estimate of drug-likeness (QED) is 0.902. The Bertz CT molecular complexity index is 624. The van der Waals surface area contributed by atoms with Crippen molar-refractivity contribution in [2.24, 2.45) is 5.73 Å². The van der Waals surface area contributed by atoms with E-state index in [9.17, 15) is 4.79 Å². The third-order valence-electron chi connectivity index (χ3n) is 2.91. The molecule has 0 bridgehead atoms. The molecule has 3 nitrogen and oxygen atoms in total. The van der Waals surface area contributed by atoms with Gasteiger partial charge < -0.3 is 10.6 Å². The van der Waals surface area contributed by atoms with E-state index in [0.717, 1.165) is 0 Å². The lowest BCUT2D eigenvalue weighted by molar-refractivity contribution is 0.0988. The van der Waals surface area contributed by atoms with Gasteiger partial charge in [-0.1, -0.05) is 40.9 Å². The Morgan fingerprint density at radius 3 is 2.10 bits per heavy atom. The van der Waals surface area contributed by atoms with Crippen molar-refractivity contribution < 1.29 is 4.79 Å². The average molecular weight is 344 g/mol. The zero-order chi connectivity index (χ0) is 15.4. The SMILES string of the molecule is NCCN(C(=O)c1c(Cl)cccc1Cl)c1ccc(Cl)cc1. The Kier molecular flexibility index (Phi) is 5.48. The number of carbonyl (C=O) groups excluding carboxylic acids is 1. The van der Waals surface area contributed by atoms with Gasteiger partial charge in [0, 0.05) is 23.8 Å². The summed E-state index contributed by atoms with van der Waals surface area (Å²) < 4.78 is 0. The van der Waals surface area contributed by atoms with Gasteiger partial charge in [0.25, 0.3) is 5.91 Å². The minimum absolute atomic E-state index is 0.268. The van der Waals surface area contributed by atoms with Gasteiger partial charge in [-0.3, -0.25) is 4.79 Å². The highest BCUT2D eigenvalue weighted by atomic mass is 35.5. The van der Waals surface area contributed by atoms with E-state index in [1.807, 2.05) is 0 Å². The summed E-state index contributed by atoms with van der Waals surface area (Å²) in [4.78, 5) is 14.3. The second-order valence-corrected chi connectivity index (χ2v) is 5.57. The summed E-state index contributed by atoms with van der Waals surface area (Å²) in [5.74, 6) is -0.293. The zero-order valence-corrected chi connectivity index (χ0v) is 13.3. The van der Waals surface area contributed by atoms with Crippen molar-refractivity contribution in [3.63, 3.8) is 0 Å². The first-order chi connectivity index (χ1) is 10.0. The Hall–Kier alpha value is -1.26. The van der Waals surface area contributed by atoms with Crippen LogP contribution in [0.4, 0.5) is 5.69 Å². The lowest BCUT2D eigenvalue weighted by Gasteiger charge is -2.23. The maximum atomic E-state index is 12.7. The normalized spacial score (nSPS) is 10.5. The second-order valence-electron chi connectivity index (χ2n) is 4.32. The number of rotatable bonds is 4. The van der Waals surface area contributed by atoms with Crippen molar-refractivity contribution >= 4 is 46.4 Å². The Morgan fingerprint density at radius 1 is 1.00 bits per heavy atom. The molecule has 0 fully saturated rings. The van der Waals surface area contributed by atoms with Gasteiger partial charge in [0.1, 0.15) is 0 Å². The van der Waals surface area contributed by atoms with Crippen LogP contribution < -0.4 is 10.6 Å². The molecule has 0 saturated heterocycles. The standard InChI is InChI=1S/C15H13Cl3N2O/c16-10-4-6-11(7-5-10)20(9-8-19)15(21)14-12(17)2-1-3-13(14)18/h1-7H,8-9,19H2. The molecule has 110 valence electrons. The average Bonchev–Trinajstić information content (AvgIpc) is 2.45. The van der Waals surface area contributed by atoms with E-state index in [4.69, 9.17) is 40.5 Å². The van der Waals surface area contributed by atoms with Gasteiger partial charge in [-0.05, 0) is 36.4 Å². The van der Waals surface area contributed by atoms with Gasteiger partial charge in [0.2, 0.25) is 0 Å². The first-order valence-electron chi connectivity index (χ1n) is 6.26. The summed E-state index contributed by atoms with van der Waals surface area (Å²) in [5, 5.41) is 1.21. The fourth-order valence-corrected chi connectivity index (χ4v) is 2.62. The van der Waals surface area contributed by atoms with Crippen LogP contribution in [0.15, 0.2) is 42.5 Å². The van der Waals surface area contributed by atoms with Crippen LogP contribution >= 0.6 is 34.8 Å². The van der Waals surface area contributed by atoms with Gasteiger partial charge in [-0.2, -0.15) is 0 Å². The molecule has 21 heavy (non-hydrogen) atoms. The number of hydrogen-bond acceptors (Lipinski definition) is 2. The number of halogens is 3. The molecular formula is C15H13Cl3N2O. The first kappa shape index (κ1) is 16.1. The molecule has 0 aliphatic carbocycles. The highest BCUT2D eigenvalue weighted by Gasteiger charge is 2.22. The number of amides is 1. The summed E-state index contributed by atoms with van der Waals surface area (Å²) in [5.41, 5.74) is 6.56. The van der Waals surface area contributed by atoms with Crippen molar-refractivity contribution in [2.45, 2.75) is 0 Å². The molecule has 0 spiro atoms. The zero-order valence-electron chi connectivity index (χ0n) is 11.0. The van der Waals surface area contributed by atoms with Gasteiger partial charge in [0.05, 0.1) is 15.6 Å². The van der Waals surface area contributed by atoms with Crippen LogP contribution in [0.5, 0.6) is 0 Å². The molecule has 0 unspecified atom stereocenters. The summed E-state index contributed by atoms with van der Waals surface area (Å²) >= 11 is 18.1. The van der Waals surface area contributed by atoms with E-state index in [2.05, 4.69) is 0 Å². The van der Waals surface area contributed by atoms with Crippen LogP contribution in [-0.4, -0.2) is 19.0 Å². The van der Waals surface area contributed by atoms with Crippen LogP contribution in [0.3, 0.4) is 0 Å². The minimum atomic E-state index is -0.293. The molecule has 1 amide bonds. The van der Waals surface area contributed by atoms with E-state index < -0.39 is 0 Å². The van der Waals surface area contributed by atoms with E-state index in [1.165, 1.54) is 4.90 Å². The van der Waals surface area contributed by atoms with Crippen molar-refractivity contribution in [3.05, 3.63) is 63.1 Å². The van der Waals surface area contributed by atoms with Crippen LogP contribution in [-0.2, 0) is 0 Å². The highest BCUT2D eigenvalue weighted by Crippen LogP contribution is 2.28. The smallest absolute Gasteiger partial charge is 0.261 e. The Balaban J connectivity index is 2.42. The third-order valence-corrected chi connectivity index (χ3v) is 3.79. The lowest BCUT2D eigenvalue weighted by atomic mass is 10.1. The van der Waals surface area contributed by atoms with Gasteiger partial charge in [-0.15, -0.1) is 0 Å². The predicted molar refractivity (Wildman–Crippen MR) is 88.6 cm³/mol. The molecule has 0 heterocycles. The highest BCUT2D eigenvalue weighted by molar-refractivity contribution is 6.40. The number of carbonyl (C=O) groups is 1. The number of nitrogens with two attached hydrogens (primary N) is 1. The summed E-state index contributed by atoms with van der Waals surface area (Å²) in [6.45, 7) is 0.665. The number of hydrogen-bond donors (Lipinski definition) is 1. The largest absolute Gasteiger partial charge is 0.329 e. The Labute approximate surface area is 138 Å². The van der Waals surface area contributed by atoms with Crippen molar-refractivity contribution in [1.29, 1.82) is 0 Å². The summed E-state index contributed by atoms with van der Waals surface area (Å²) in [6.07, 6.45) is 0. The van der Waals surface area contributed by atoms with Gasteiger partial charge in [0.15, 0.2) is 0 Å². The van der Waals surface area contributed by atoms with E-state index in [1.54, 1.807) is 42.5 Å². The molecule has 2 aromatic carbocycles. The number of benzene rings is 2. The van der Waals surface area contributed by atoms with Crippen LogP contribution in [0.2, 0.25) is 15.1 Å². The number of anilines is 1. The molecule has 0 aliphatic heterocycles. The molecule has 0 radical (unpaired) electrons. The molecule has 2 rings (SSSR count). The predicted octanol–water partition coefficient (Wildman–Crippen LogP) is 4.25. The molecule has 2 aromatic rings. The maximum absolute atomic E-state index is 12.7. The van der Waals surface area contributed by atoms with Gasteiger partial charge >= 0.3 is 0 Å². The first-order valence-corrected chi connectivity index (χ1v) is 7.39. The third kappa shape index (κ3) is 3.69. The number of nitrogens with zero attached hydrogens (tertiary/aromatic N) is 1. The van der Waals surface area contributed by atoms with Gasteiger partial charge in [-0.25, -0.2) is 0 Å². The van der Waals surface area contributed by atoms with E-state index in [0.29, 0.717) is 33.8 Å². The molecule has 0 aliphatic rings. The minimum Gasteiger partial charge on any atom is -0.329 e. The molecule has 6 heteroatoms. The van der Waals surface area contributed by atoms with Crippen LogP contribution in [0, 0.1) is 0 Å². The topological polar surface area (TPSA) is 46.3 Å². The van der Waals surface area contributed by atoms with Crippen molar-refractivity contribution in [3.8, 4) is 0 Å². The summed E-state index contributed by atoms with van der Waals surface area (Å²) in [6, 6.07) is 11.9. The van der Waals surface area contributed by atoms with Crippen LogP contribution in [0.25, 0.3) is 0 Å². The molecule has 0 atom stereocenters.